The van der Waals surface area contributed by atoms with Crippen LogP contribution in [0, 0.1) is 6.92 Å². The third kappa shape index (κ3) is 2.93. The topological polar surface area (TPSA) is 61.0 Å². The number of amides is 1. The van der Waals surface area contributed by atoms with Gasteiger partial charge >= 0.3 is 0 Å². The highest BCUT2D eigenvalue weighted by atomic mass is 16.2. The molecule has 0 aliphatic carbocycles. The van der Waals surface area contributed by atoms with Crippen molar-refractivity contribution in [3.63, 3.8) is 0 Å². The molecular weight excluding hydrogens is 240 g/mol. The molecule has 2 N–H and O–H groups in total. The first-order chi connectivity index (χ1) is 9.11. The zero-order valence-electron chi connectivity index (χ0n) is 11.4. The molecule has 5 heteroatoms. The molecule has 1 amide bonds. The summed E-state index contributed by atoms with van der Waals surface area (Å²) >= 11 is 0. The molecule has 0 bridgehead atoms. The number of aromatic nitrogens is 2. The minimum atomic E-state index is 0.00644. The number of anilines is 1. The number of hydrogen-bond donors (Lipinski definition) is 2. The van der Waals surface area contributed by atoms with Crippen molar-refractivity contribution < 1.29 is 4.79 Å². The van der Waals surface area contributed by atoms with Gasteiger partial charge in [0.2, 0.25) is 0 Å². The second-order valence-electron chi connectivity index (χ2n) is 4.55. The zero-order chi connectivity index (χ0) is 13.8. The third-order valence-corrected chi connectivity index (χ3v) is 3.06. The summed E-state index contributed by atoms with van der Waals surface area (Å²) in [6.07, 6.45) is 3.51. The van der Waals surface area contributed by atoms with Gasteiger partial charge in [0.1, 0.15) is 0 Å². The van der Waals surface area contributed by atoms with Crippen LogP contribution in [0.2, 0.25) is 0 Å². The van der Waals surface area contributed by atoms with E-state index in [4.69, 9.17) is 0 Å². The zero-order valence-corrected chi connectivity index (χ0v) is 11.4. The van der Waals surface area contributed by atoms with E-state index in [0.29, 0.717) is 12.1 Å². The molecular formula is C14H18N4O. The minimum Gasteiger partial charge on any atom is -0.388 e. The Hall–Kier alpha value is -2.30. The van der Waals surface area contributed by atoms with Crippen LogP contribution >= 0.6 is 0 Å². The van der Waals surface area contributed by atoms with Crippen LogP contribution in [0.15, 0.2) is 30.6 Å². The Morgan fingerprint density at radius 2 is 2.26 bits per heavy atom. The summed E-state index contributed by atoms with van der Waals surface area (Å²) in [6, 6.07) is 5.67. The Morgan fingerprint density at radius 3 is 2.84 bits per heavy atom. The number of aromatic amines is 1. The van der Waals surface area contributed by atoms with Crippen molar-refractivity contribution in [2.75, 3.05) is 19.4 Å². The molecule has 1 aromatic carbocycles. The fourth-order valence-corrected chi connectivity index (χ4v) is 2.01. The van der Waals surface area contributed by atoms with Gasteiger partial charge in [0, 0.05) is 43.7 Å². The van der Waals surface area contributed by atoms with Crippen LogP contribution in [-0.4, -0.2) is 35.1 Å². The van der Waals surface area contributed by atoms with Gasteiger partial charge in [0.15, 0.2) is 0 Å². The van der Waals surface area contributed by atoms with Gasteiger partial charge in [0.25, 0.3) is 5.91 Å². The Morgan fingerprint density at radius 1 is 1.47 bits per heavy atom. The molecule has 2 rings (SSSR count). The lowest BCUT2D eigenvalue weighted by Gasteiger charge is -2.17. The molecule has 0 radical (unpaired) electrons. The summed E-state index contributed by atoms with van der Waals surface area (Å²) in [6.45, 7) is 2.53. The first kappa shape index (κ1) is 13.1. The Kier molecular flexibility index (Phi) is 3.85. The van der Waals surface area contributed by atoms with E-state index in [9.17, 15) is 4.79 Å². The fourth-order valence-electron chi connectivity index (χ4n) is 2.01. The quantitative estimate of drug-likeness (QED) is 0.882. The second kappa shape index (κ2) is 5.56. The minimum absolute atomic E-state index is 0.00644. The molecule has 2 aromatic rings. The SMILES string of the molecule is CNc1ccc(C(=O)N(C)Cc2cn[nH]c2)cc1C. The second-order valence-corrected chi connectivity index (χ2v) is 4.55. The van der Waals surface area contributed by atoms with Gasteiger partial charge in [-0.05, 0) is 30.7 Å². The molecule has 1 heterocycles. The molecule has 0 aliphatic heterocycles. The smallest absolute Gasteiger partial charge is 0.253 e. The number of nitrogens with one attached hydrogen (secondary N) is 2. The van der Waals surface area contributed by atoms with Crippen molar-refractivity contribution in [3.05, 3.63) is 47.3 Å². The maximum atomic E-state index is 12.3. The standard InChI is InChI=1S/C14H18N4O/c1-10-6-12(4-5-13(10)15-2)14(19)18(3)9-11-7-16-17-8-11/h4-8,15H,9H2,1-3H3,(H,16,17). The number of aryl methyl sites for hydroxylation is 1. The highest BCUT2D eigenvalue weighted by Gasteiger charge is 2.13. The van der Waals surface area contributed by atoms with E-state index in [2.05, 4.69) is 15.5 Å². The number of nitrogens with zero attached hydrogens (tertiary/aromatic N) is 2. The van der Waals surface area contributed by atoms with Gasteiger partial charge in [-0.25, -0.2) is 0 Å². The third-order valence-electron chi connectivity index (χ3n) is 3.06. The van der Waals surface area contributed by atoms with Gasteiger partial charge in [-0.15, -0.1) is 0 Å². The summed E-state index contributed by atoms with van der Waals surface area (Å²) in [5.74, 6) is 0.00644. The van der Waals surface area contributed by atoms with E-state index >= 15 is 0 Å². The maximum absolute atomic E-state index is 12.3. The number of carbonyl (C=O) groups excluding carboxylic acids is 1. The molecule has 19 heavy (non-hydrogen) atoms. The molecule has 0 saturated carbocycles. The lowest BCUT2D eigenvalue weighted by molar-refractivity contribution is 0.0785. The summed E-state index contributed by atoms with van der Waals surface area (Å²) in [5, 5.41) is 9.70. The number of hydrogen-bond acceptors (Lipinski definition) is 3. The summed E-state index contributed by atoms with van der Waals surface area (Å²) in [7, 11) is 3.66. The van der Waals surface area contributed by atoms with E-state index in [1.165, 1.54) is 0 Å². The average Bonchev–Trinajstić information content (AvgIpc) is 2.90. The monoisotopic (exact) mass is 258 g/mol. The van der Waals surface area contributed by atoms with Gasteiger partial charge in [0.05, 0.1) is 6.20 Å². The molecule has 0 unspecified atom stereocenters. The molecule has 0 saturated heterocycles. The Balaban J connectivity index is 2.12. The number of benzene rings is 1. The van der Waals surface area contributed by atoms with Crippen LogP contribution in [0.1, 0.15) is 21.5 Å². The van der Waals surface area contributed by atoms with Crippen LogP contribution in [-0.2, 0) is 6.54 Å². The van der Waals surface area contributed by atoms with Gasteiger partial charge in [-0.1, -0.05) is 0 Å². The van der Waals surface area contributed by atoms with Crippen molar-refractivity contribution >= 4 is 11.6 Å². The molecule has 0 aliphatic rings. The summed E-state index contributed by atoms with van der Waals surface area (Å²) in [5.41, 5.74) is 3.78. The highest BCUT2D eigenvalue weighted by molar-refractivity contribution is 5.94. The lowest BCUT2D eigenvalue weighted by atomic mass is 10.1. The van der Waals surface area contributed by atoms with E-state index in [1.807, 2.05) is 32.2 Å². The van der Waals surface area contributed by atoms with Crippen LogP contribution < -0.4 is 5.32 Å². The van der Waals surface area contributed by atoms with Crippen molar-refractivity contribution in [2.45, 2.75) is 13.5 Å². The van der Waals surface area contributed by atoms with Crippen molar-refractivity contribution in [3.8, 4) is 0 Å². The predicted molar refractivity (Wildman–Crippen MR) is 75.1 cm³/mol. The Labute approximate surface area is 112 Å². The number of H-pyrrole nitrogens is 1. The normalized spacial score (nSPS) is 10.3. The largest absolute Gasteiger partial charge is 0.388 e. The van der Waals surface area contributed by atoms with E-state index in [0.717, 1.165) is 16.8 Å². The molecule has 5 nitrogen and oxygen atoms in total. The van der Waals surface area contributed by atoms with Crippen LogP contribution in [0.4, 0.5) is 5.69 Å². The van der Waals surface area contributed by atoms with Crippen LogP contribution in [0.25, 0.3) is 0 Å². The predicted octanol–water partition coefficient (Wildman–Crippen LogP) is 2.03. The molecule has 100 valence electrons. The molecule has 0 spiro atoms. The average molecular weight is 258 g/mol. The maximum Gasteiger partial charge on any atom is 0.253 e. The number of rotatable bonds is 4. The molecule has 0 fully saturated rings. The van der Waals surface area contributed by atoms with E-state index < -0.39 is 0 Å². The van der Waals surface area contributed by atoms with Gasteiger partial charge in [-0.3, -0.25) is 9.89 Å². The van der Waals surface area contributed by atoms with Crippen LogP contribution in [0.5, 0.6) is 0 Å². The molecule has 0 atom stereocenters. The first-order valence-electron chi connectivity index (χ1n) is 6.13. The van der Waals surface area contributed by atoms with Crippen molar-refractivity contribution in [1.29, 1.82) is 0 Å². The number of carbonyl (C=O) groups is 1. The highest BCUT2D eigenvalue weighted by Crippen LogP contribution is 2.17. The van der Waals surface area contributed by atoms with Crippen molar-refractivity contribution in [2.24, 2.45) is 0 Å². The van der Waals surface area contributed by atoms with E-state index in [-0.39, 0.29) is 5.91 Å². The summed E-state index contributed by atoms with van der Waals surface area (Å²) in [4.78, 5) is 14.0. The van der Waals surface area contributed by atoms with E-state index in [1.54, 1.807) is 24.3 Å². The fraction of sp³-hybridized carbons (Fsp3) is 0.286. The lowest BCUT2D eigenvalue weighted by Crippen LogP contribution is -2.26. The van der Waals surface area contributed by atoms with Crippen LogP contribution in [0.3, 0.4) is 0 Å². The Bertz CT molecular complexity index is 563. The van der Waals surface area contributed by atoms with Crippen molar-refractivity contribution in [1.82, 2.24) is 15.1 Å². The van der Waals surface area contributed by atoms with Gasteiger partial charge in [-0.2, -0.15) is 5.10 Å². The summed E-state index contributed by atoms with van der Waals surface area (Å²) < 4.78 is 0. The molecule has 1 aromatic heterocycles. The van der Waals surface area contributed by atoms with Gasteiger partial charge < -0.3 is 10.2 Å². The first-order valence-corrected chi connectivity index (χ1v) is 6.13.